The molecule has 16 nitrogen and oxygen atoms in total. The number of benzene rings is 2. The number of hydrogen-bond acceptors (Lipinski definition) is 14. The lowest BCUT2D eigenvalue weighted by atomic mass is 10.0. The maximum absolute atomic E-state index is 13.6. The van der Waals surface area contributed by atoms with Crippen LogP contribution in [-0.2, 0) is 23.6 Å². The quantitative estimate of drug-likeness (QED) is 0.0573. The first-order valence-corrected chi connectivity index (χ1v) is 20.7. The van der Waals surface area contributed by atoms with E-state index < -0.39 is 11.9 Å². The number of carbonyl (C=O) groups is 2. The van der Waals surface area contributed by atoms with Gasteiger partial charge in [-0.1, -0.05) is 23.7 Å². The number of rotatable bonds is 10. The number of nitrogens with two attached hydrogens (primary N) is 1. The largest absolute Gasteiger partial charge is 0.462 e. The van der Waals surface area contributed by atoms with Crippen molar-refractivity contribution in [3.63, 3.8) is 0 Å². The molecule has 6 aromatic heterocycles. The predicted octanol–water partition coefficient (Wildman–Crippen LogP) is 9.53. The van der Waals surface area contributed by atoms with Gasteiger partial charge in [0.15, 0.2) is 11.3 Å². The zero-order valence-electron chi connectivity index (χ0n) is 33.8. The van der Waals surface area contributed by atoms with Crippen molar-refractivity contribution in [2.24, 2.45) is 19.9 Å². The molecular formula is C42H39Br2ClF2N12O4. The number of anilines is 3. The zero-order chi connectivity index (χ0) is 45.2. The lowest BCUT2D eigenvalue weighted by Crippen LogP contribution is -2.17. The van der Waals surface area contributed by atoms with Gasteiger partial charge >= 0.3 is 11.9 Å². The van der Waals surface area contributed by atoms with Gasteiger partial charge in [0.2, 0.25) is 0 Å². The van der Waals surface area contributed by atoms with Gasteiger partial charge in [-0.15, -0.1) is 0 Å². The van der Waals surface area contributed by atoms with E-state index in [0.29, 0.717) is 61.6 Å². The number of aryl methyl sites for hydroxylation is 2. The molecule has 0 unspecified atom stereocenters. The average molecular weight is 1010 g/mol. The van der Waals surface area contributed by atoms with Crippen LogP contribution in [0.2, 0.25) is 5.02 Å². The van der Waals surface area contributed by atoms with Crippen LogP contribution < -0.4 is 22.1 Å². The Morgan fingerprint density at radius 3 is 1.71 bits per heavy atom. The van der Waals surface area contributed by atoms with Crippen LogP contribution in [0.5, 0.6) is 0 Å². The third-order valence-electron chi connectivity index (χ3n) is 8.76. The van der Waals surface area contributed by atoms with Crippen molar-refractivity contribution in [1.29, 1.82) is 0 Å². The summed E-state index contributed by atoms with van der Waals surface area (Å²) in [6.45, 7) is 3.90. The Morgan fingerprint density at radius 2 is 1.21 bits per heavy atom. The molecule has 0 radical (unpaired) electrons. The molecule has 0 atom stereocenters. The summed E-state index contributed by atoms with van der Waals surface area (Å²) in [5.74, 6) is 3.25. The van der Waals surface area contributed by atoms with Crippen LogP contribution in [0.1, 0.15) is 36.0 Å². The third-order valence-corrected chi connectivity index (χ3v) is 10.0. The number of ether oxygens (including phenoxy) is 2. The third kappa shape index (κ3) is 10.9. The summed E-state index contributed by atoms with van der Waals surface area (Å²) in [6, 6.07) is 15.5. The number of pyridine rings is 4. The molecule has 21 heteroatoms. The fourth-order valence-electron chi connectivity index (χ4n) is 5.97. The number of aromatic nitrogens is 8. The summed E-state index contributed by atoms with van der Waals surface area (Å²) in [6.07, 6.45) is 9.70. The molecule has 0 fully saturated rings. The summed E-state index contributed by atoms with van der Waals surface area (Å²) in [4.78, 5) is 43.0. The normalized spacial score (nSPS) is 10.6. The molecule has 8 rings (SSSR count). The molecule has 0 spiro atoms. The Hall–Kier alpha value is -6.61. The minimum atomic E-state index is -0.556. The van der Waals surface area contributed by atoms with E-state index in [1.807, 2.05) is 12.1 Å². The Balaban J connectivity index is 0.000000204. The van der Waals surface area contributed by atoms with E-state index >= 15 is 0 Å². The van der Waals surface area contributed by atoms with Gasteiger partial charge in [-0.2, -0.15) is 10.2 Å². The summed E-state index contributed by atoms with van der Waals surface area (Å²) >= 11 is 13.2. The van der Waals surface area contributed by atoms with Crippen molar-refractivity contribution < 1.29 is 29.3 Å². The maximum atomic E-state index is 13.6. The van der Waals surface area contributed by atoms with Crippen LogP contribution >= 0.6 is 43.5 Å². The highest BCUT2D eigenvalue weighted by molar-refractivity contribution is 9.10. The molecule has 5 N–H and O–H groups in total. The number of nitrogen functional groups attached to an aromatic ring is 1. The van der Waals surface area contributed by atoms with Gasteiger partial charge in [-0.05, 0) is 94.2 Å². The lowest BCUT2D eigenvalue weighted by molar-refractivity contribution is 0.0518. The van der Waals surface area contributed by atoms with Gasteiger partial charge in [0.25, 0.3) is 0 Å². The van der Waals surface area contributed by atoms with E-state index in [9.17, 15) is 18.4 Å². The number of halogens is 5. The molecule has 63 heavy (non-hydrogen) atoms. The SMILES string of the molecule is CCOC(=O)c1c(-c2cncc(Br)c2)nc2c(cnn2C)c1Cl.CCOC(=O)c1c(-c2cncc(Br)c2)nc2c(cnn2C)c1NNc1cccc(F)c1.NNc1cccc(F)c1.[HH]. The molecule has 0 aliphatic carbocycles. The maximum Gasteiger partial charge on any atom is 0.342 e. The fourth-order valence-corrected chi connectivity index (χ4v) is 7.00. The second-order valence-corrected chi connectivity index (χ2v) is 15.2. The number of nitrogens with one attached hydrogen (secondary N) is 3. The molecule has 0 aliphatic heterocycles. The second-order valence-electron chi connectivity index (χ2n) is 13.0. The van der Waals surface area contributed by atoms with E-state index in [4.69, 9.17) is 31.9 Å². The van der Waals surface area contributed by atoms with E-state index in [0.717, 1.165) is 8.95 Å². The van der Waals surface area contributed by atoms with Crippen molar-refractivity contribution in [2.75, 3.05) is 29.5 Å². The number of carbonyl (C=O) groups excluding carboxylic acids is 2. The van der Waals surface area contributed by atoms with E-state index in [1.165, 1.54) is 24.3 Å². The number of nitrogens with zero attached hydrogens (tertiary/aromatic N) is 8. The zero-order valence-corrected chi connectivity index (χ0v) is 37.8. The van der Waals surface area contributed by atoms with Gasteiger partial charge in [-0.3, -0.25) is 30.6 Å². The minimum Gasteiger partial charge on any atom is -0.462 e. The van der Waals surface area contributed by atoms with Gasteiger partial charge < -0.3 is 20.3 Å². The molecule has 0 bridgehead atoms. The number of esters is 2. The number of hydrazine groups is 2. The Morgan fingerprint density at radius 1 is 0.714 bits per heavy atom. The molecule has 6 heterocycles. The molecule has 8 aromatic rings. The van der Waals surface area contributed by atoms with Crippen molar-refractivity contribution in [2.45, 2.75) is 13.8 Å². The Labute approximate surface area is 381 Å². The van der Waals surface area contributed by atoms with E-state index in [1.54, 1.807) is 98.8 Å². The van der Waals surface area contributed by atoms with Gasteiger partial charge in [0.05, 0.1) is 69.9 Å². The van der Waals surface area contributed by atoms with Gasteiger partial charge in [-0.25, -0.2) is 28.3 Å². The first-order chi connectivity index (χ1) is 30.3. The Bertz CT molecular complexity index is 2940. The minimum absolute atomic E-state index is 0. The molecule has 0 aliphatic rings. The number of fused-ring (bicyclic) bond motifs is 2. The number of hydrogen-bond donors (Lipinski definition) is 4. The molecule has 2 aromatic carbocycles. The van der Waals surface area contributed by atoms with Crippen LogP contribution in [0, 0.1) is 11.6 Å². The van der Waals surface area contributed by atoms with Crippen LogP contribution in [0.3, 0.4) is 0 Å². The van der Waals surface area contributed by atoms with Crippen LogP contribution in [-0.4, -0.2) is 64.6 Å². The first kappa shape index (κ1) is 45.9. The van der Waals surface area contributed by atoms with Crippen molar-refractivity contribution >= 4 is 94.5 Å². The summed E-state index contributed by atoms with van der Waals surface area (Å²) in [7, 11) is 3.52. The highest BCUT2D eigenvalue weighted by atomic mass is 79.9. The summed E-state index contributed by atoms with van der Waals surface area (Å²) < 4.78 is 41.0. The molecule has 0 saturated heterocycles. The van der Waals surface area contributed by atoms with E-state index in [-0.39, 0.29) is 42.4 Å². The van der Waals surface area contributed by atoms with Crippen LogP contribution in [0.4, 0.5) is 25.8 Å². The van der Waals surface area contributed by atoms with Crippen molar-refractivity contribution in [3.8, 4) is 22.5 Å². The average Bonchev–Trinajstić information content (AvgIpc) is 3.84. The second kappa shape index (κ2) is 21.0. The molecule has 0 amide bonds. The van der Waals surface area contributed by atoms with Crippen molar-refractivity contribution in [3.05, 3.63) is 135 Å². The van der Waals surface area contributed by atoms with E-state index in [2.05, 4.69) is 73.3 Å². The summed E-state index contributed by atoms with van der Waals surface area (Å²) in [5.41, 5.74) is 13.4. The predicted molar refractivity (Wildman–Crippen MR) is 246 cm³/mol. The first-order valence-electron chi connectivity index (χ1n) is 18.8. The monoisotopic (exact) mass is 1010 g/mol. The smallest absolute Gasteiger partial charge is 0.342 e. The van der Waals surface area contributed by atoms with Crippen LogP contribution in [0.25, 0.3) is 44.6 Å². The van der Waals surface area contributed by atoms with Crippen LogP contribution in [0.15, 0.2) is 107 Å². The van der Waals surface area contributed by atoms with Crippen molar-refractivity contribution in [1.82, 2.24) is 39.5 Å². The summed E-state index contributed by atoms with van der Waals surface area (Å²) in [5, 5.41) is 9.90. The standard InChI is InChI=1S/C21H18BrFN6O2.C15H12BrClN4O2.C6H7FN2.H2/c1-3-31-21(30)17-18(12-7-13(22)10-24-9-12)26-20-16(11-25-29(20)2)19(17)28-27-15-6-4-5-14(23)8-15;1-3-23-15(22)11-12(17)10-7-19-21(2)14(10)20-13(11)8-4-9(16)6-18-5-8;7-5-2-1-3-6(4-5)9-8;/h4-11,27H,3H2,1-2H3,(H,26,28);4-7H,3H2,1-2H3;1-4,9H,8H2;1H. The van der Waals surface area contributed by atoms with Gasteiger partial charge in [0.1, 0.15) is 22.8 Å². The highest BCUT2D eigenvalue weighted by Crippen LogP contribution is 2.36. The van der Waals surface area contributed by atoms with Gasteiger partial charge in [0, 0.05) is 60.4 Å². The lowest BCUT2D eigenvalue weighted by Gasteiger charge is -2.17. The molecular weight excluding hydrogens is 970 g/mol. The fraction of sp³-hybridized carbons (Fsp3) is 0.143. The highest BCUT2D eigenvalue weighted by Gasteiger charge is 2.26. The molecule has 0 saturated carbocycles. The molecule has 326 valence electrons. The Kier molecular flexibility index (Phi) is 15.3. The topological polar surface area (TPSA) is 202 Å².